The number of hydrogen-bond acceptors (Lipinski definition) is 4. The second-order valence-corrected chi connectivity index (χ2v) is 17.3. The topological polar surface area (TPSA) is 77.8 Å². The lowest BCUT2D eigenvalue weighted by Gasteiger charge is -2.36. The highest BCUT2D eigenvalue weighted by Gasteiger charge is 2.47. The normalized spacial score (nSPS) is 14.9. The van der Waals surface area contributed by atoms with Crippen LogP contribution in [0.3, 0.4) is 0 Å². The fraction of sp³-hybridized carbons (Fsp3) is 0.702. The zero-order valence-corrected chi connectivity index (χ0v) is 40.2. The lowest BCUT2D eigenvalue weighted by atomic mass is 9.79. The van der Waals surface area contributed by atoms with Crippen LogP contribution in [0.1, 0.15) is 239 Å². The number of aliphatic hydroxyl groups excluding tert-OH is 2. The quantitative estimate of drug-likeness (QED) is 0.0421. The predicted molar refractivity (Wildman–Crippen MR) is 269 cm³/mol. The maximum atomic E-state index is 13.6. The minimum Gasteiger partial charge on any atom is -0.390 e. The Morgan fingerprint density at radius 2 is 0.607 bits per heavy atom. The molecular formula is C57H98O4. The standard InChI is InChI=1S/C57H98O4/c1-4-7-10-13-16-19-22-25-28-31-34-37-40-43-46-49-52-55(59)57(61,54(58)51-48-45-42-39-36-33-30-27-24-21-18-15-12-9-6-3)56(60)53-50-47-44-41-38-35-32-29-26-23-20-17-14-11-8-5-2/h16-21,25-30,34-35,37-38,55-56,59-61H,4-15,22-24,31-33,36,39-53H2,1-3H3/b19-16-,20-17-,21-18-,28-25-,29-26-,30-27-,37-34-,38-35-. The second-order valence-electron chi connectivity index (χ2n) is 17.3. The van der Waals surface area contributed by atoms with Gasteiger partial charge in [0.15, 0.2) is 11.4 Å². The van der Waals surface area contributed by atoms with Crippen molar-refractivity contribution >= 4 is 5.78 Å². The molecule has 61 heavy (non-hydrogen) atoms. The summed E-state index contributed by atoms with van der Waals surface area (Å²) in [5, 5.41) is 34.4. The molecule has 0 aromatic rings. The number of unbranched alkanes of at least 4 members (excludes halogenated alkanes) is 20. The van der Waals surface area contributed by atoms with Gasteiger partial charge in [0.1, 0.15) is 0 Å². The largest absolute Gasteiger partial charge is 0.390 e. The van der Waals surface area contributed by atoms with E-state index in [1.54, 1.807) is 0 Å². The van der Waals surface area contributed by atoms with E-state index >= 15 is 0 Å². The van der Waals surface area contributed by atoms with Crippen molar-refractivity contribution in [3.8, 4) is 0 Å². The Morgan fingerprint density at radius 3 is 0.918 bits per heavy atom. The van der Waals surface area contributed by atoms with Crippen molar-refractivity contribution < 1.29 is 20.1 Å². The maximum Gasteiger partial charge on any atom is 0.174 e. The summed E-state index contributed by atoms with van der Waals surface area (Å²) in [5.41, 5.74) is -2.11. The van der Waals surface area contributed by atoms with Gasteiger partial charge in [-0.2, -0.15) is 0 Å². The summed E-state index contributed by atoms with van der Waals surface area (Å²) in [6.07, 6.45) is 67.4. The van der Waals surface area contributed by atoms with E-state index in [-0.39, 0.29) is 6.42 Å². The van der Waals surface area contributed by atoms with Crippen molar-refractivity contribution in [3.63, 3.8) is 0 Å². The van der Waals surface area contributed by atoms with Crippen LogP contribution in [0.4, 0.5) is 0 Å². The first-order valence-electron chi connectivity index (χ1n) is 25.8. The number of aliphatic hydroxyl groups is 3. The minimum atomic E-state index is -2.11. The van der Waals surface area contributed by atoms with E-state index in [0.717, 1.165) is 103 Å². The summed E-state index contributed by atoms with van der Waals surface area (Å²) in [4.78, 5) is 13.6. The first kappa shape index (κ1) is 58.5. The molecule has 4 heteroatoms. The van der Waals surface area contributed by atoms with Gasteiger partial charge in [0.2, 0.25) is 0 Å². The molecule has 0 aliphatic carbocycles. The van der Waals surface area contributed by atoms with Gasteiger partial charge in [0.05, 0.1) is 12.2 Å². The molecule has 0 saturated heterocycles. The van der Waals surface area contributed by atoms with Gasteiger partial charge in [0, 0.05) is 6.42 Å². The van der Waals surface area contributed by atoms with Crippen molar-refractivity contribution in [3.05, 3.63) is 97.2 Å². The van der Waals surface area contributed by atoms with Crippen LogP contribution >= 0.6 is 0 Å². The SMILES string of the molecule is CCCCC/C=C\C/C=C\C/C=C\CCCCCC(O)C(O)(C(=O)CCCCCCC/C=C\C/C=C\CCCCC)C(O)CCCCC/C=C\C/C=C\C/C=C\CCCCC. The van der Waals surface area contributed by atoms with Crippen molar-refractivity contribution in [1.82, 2.24) is 0 Å². The first-order chi connectivity index (χ1) is 29.9. The molecule has 0 fully saturated rings. The van der Waals surface area contributed by atoms with Gasteiger partial charge in [-0.25, -0.2) is 0 Å². The molecular weight excluding hydrogens is 749 g/mol. The van der Waals surface area contributed by atoms with Crippen LogP contribution < -0.4 is 0 Å². The van der Waals surface area contributed by atoms with Crippen LogP contribution in [0.15, 0.2) is 97.2 Å². The lowest BCUT2D eigenvalue weighted by Crippen LogP contribution is -2.58. The van der Waals surface area contributed by atoms with Crippen LogP contribution in [0.25, 0.3) is 0 Å². The third-order valence-electron chi connectivity index (χ3n) is 11.6. The fourth-order valence-corrected chi connectivity index (χ4v) is 7.46. The maximum absolute atomic E-state index is 13.6. The highest BCUT2D eigenvalue weighted by atomic mass is 16.4. The molecule has 0 amide bonds. The Balaban J connectivity index is 4.75. The summed E-state index contributed by atoms with van der Waals surface area (Å²) in [6, 6.07) is 0. The van der Waals surface area contributed by atoms with Gasteiger partial charge >= 0.3 is 0 Å². The van der Waals surface area contributed by atoms with E-state index in [1.165, 1.54) is 77.0 Å². The van der Waals surface area contributed by atoms with E-state index < -0.39 is 23.6 Å². The van der Waals surface area contributed by atoms with Crippen LogP contribution in [-0.2, 0) is 4.79 Å². The average molecular weight is 847 g/mol. The number of hydrogen-bond donors (Lipinski definition) is 3. The van der Waals surface area contributed by atoms with Gasteiger partial charge in [-0.3, -0.25) is 4.79 Å². The van der Waals surface area contributed by atoms with Crippen LogP contribution in [0, 0.1) is 0 Å². The predicted octanol–water partition coefficient (Wildman–Crippen LogP) is 16.8. The monoisotopic (exact) mass is 847 g/mol. The van der Waals surface area contributed by atoms with Crippen molar-refractivity contribution in [2.75, 3.05) is 0 Å². The number of carbonyl (C=O) groups is 1. The van der Waals surface area contributed by atoms with Crippen LogP contribution in [0.5, 0.6) is 0 Å². The molecule has 0 spiro atoms. The summed E-state index contributed by atoms with van der Waals surface area (Å²) < 4.78 is 0. The van der Waals surface area contributed by atoms with Crippen molar-refractivity contribution in [2.45, 2.75) is 257 Å². The molecule has 4 nitrogen and oxygen atoms in total. The Morgan fingerprint density at radius 1 is 0.361 bits per heavy atom. The van der Waals surface area contributed by atoms with Gasteiger partial charge in [-0.1, -0.05) is 201 Å². The summed E-state index contributed by atoms with van der Waals surface area (Å²) >= 11 is 0. The summed E-state index contributed by atoms with van der Waals surface area (Å²) in [5.74, 6) is -0.399. The molecule has 0 saturated carbocycles. The molecule has 350 valence electrons. The van der Waals surface area contributed by atoms with Crippen LogP contribution in [-0.4, -0.2) is 38.9 Å². The van der Waals surface area contributed by atoms with Crippen LogP contribution in [0.2, 0.25) is 0 Å². The zero-order valence-electron chi connectivity index (χ0n) is 40.2. The molecule has 2 unspecified atom stereocenters. The molecule has 0 bridgehead atoms. The van der Waals surface area contributed by atoms with Crippen molar-refractivity contribution in [1.29, 1.82) is 0 Å². The molecule has 0 heterocycles. The number of allylic oxidation sites excluding steroid dienone is 16. The molecule has 0 aromatic carbocycles. The molecule has 0 aliphatic heterocycles. The number of ketones is 1. The van der Waals surface area contributed by atoms with Gasteiger partial charge in [0.25, 0.3) is 0 Å². The fourth-order valence-electron chi connectivity index (χ4n) is 7.46. The highest BCUT2D eigenvalue weighted by Crippen LogP contribution is 2.28. The van der Waals surface area contributed by atoms with Crippen molar-refractivity contribution in [2.24, 2.45) is 0 Å². The molecule has 0 radical (unpaired) electrons. The minimum absolute atomic E-state index is 0.193. The third kappa shape index (κ3) is 37.7. The molecule has 2 atom stereocenters. The molecule has 0 aromatic heterocycles. The molecule has 0 rings (SSSR count). The number of carbonyl (C=O) groups excluding carboxylic acids is 1. The zero-order chi connectivity index (χ0) is 44.6. The average Bonchev–Trinajstić information content (AvgIpc) is 3.26. The Hall–Kier alpha value is -2.53. The summed E-state index contributed by atoms with van der Waals surface area (Å²) in [6.45, 7) is 6.71. The van der Waals surface area contributed by atoms with E-state index in [0.29, 0.717) is 32.1 Å². The highest BCUT2D eigenvalue weighted by molar-refractivity contribution is 5.88. The Bertz CT molecular complexity index is 1120. The Labute approximate surface area is 378 Å². The molecule has 3 N–H and O–H groups in total. The number of Topliss-reactive ketones (excluding diaryl/α,β-unsaturated/α-hetero) is 1. The van der Waals surface area contributed by atoms with E-state index in [1.807, 2.05) is 0 Å². The molecule has 0 aliphatic rings. The van der Waals surface area contributed by atoms with E-state index in [2.05, 4.69) is 118 Å². The second kappa shape index (κ2) is 47.0. The number of rotatable bonds is 45. The van der Waals surface area contributed by atoms with Gasteiger partial charge < -0.3 is 15.3 Å². The lowest BCUT2D eigenvalue weighted by molar-refractivity contribution is -0.174. The van der Waals surface area contributed by atoms with E-state index in [9.17, 15) is 20.1 Å². The van der Waals surface area contributed by atoms with Gasteiger partial charge in [-0.15, -0.1) is 0 Å². The van der Waals surface area contributed by atoms with Gasteiger partial charge in [-0.05, 0) is 128 Å². The van der Waals surface area contributed by atoms with E-state index in [4.69, 9.17) is 0 Å². The smallest absolute Gasteiger partial charge is 0.174 e. The first-order valence-corrected chi connectivity index (χ1v) is 25.8. The third-order valence-corrected chi connectivity index (χ3v) is 11.6. The summed E-state index contributed by atoms with van der Waals surface area (Å²) in [7, 11) is 0. The Kier molecular flexibility index (Phi) is 45.0.